The first-order valence-electron chi connectivity index (χ1n) is 7.43. The van der Waals surface area contributed by atoms with Crippen molar-refractivity contribution in [3.8, 4) is 16.8 Å². The van der Waals surface area contributed by atoms with E-state index in [4.69, 9.17) is 9.68 Å². The second-order valence-electron chi connectivity index (χ2n) is 5.15. The van der Waals surface area contributed by atoms with Gasteiger partial charge in [0.1, 0.15) is 16.8 Å². The van der Waals surface area contributed by atoms with Gasteiger partial charge in [0, 0.05) is 4.88 Å². The molecule has 0 atom stereocenters. The highest BCUT2D eigenvalue weighted by molar-refractivity contribution is 7.16. The molecule has 122 valence electrons. The molecule has 7 heteroatoms. The van der Waals surface area contributed by atoms with Crippen LogP contribution in [0.25, 0.3) is 10.8 Å². The zero-order valence-corrected chi connectivity index (χ0v) is 14.9. The summed E-state index contributed by atoms with van der Waals surface area (Å²) in [6, 6.07) is 7.79. The number of hydrogen-bond donors (Lipinski definition) is 1. The second kappa shape index (κ2) is 6.99. The van der Waals surface area contributed by atoms with Gasteiger partial charge in [0.15, 0.2) is 0 Å². The van der Waals surface area contributed by atoms with Crippen molar-refractivity contribution in [1.29, 1.82) is 5.26 Å². The number of anilines is 1. The van der Waals surface area contributed by atoms with Gasteiger partial charge in [0.05, 0.1) is 22.6 Å². The molecule has 1 amide bonds. The summed E-state index contributed by atoms with van der Waals surface area (Å²) in [6.07, 6.45) is 0.951. The van der Waals surface area contributed by atoms with Gasteiger partial charge < -0.3 is 9.73 Å². The number of carbonyl (C=O) groups excluding carboxylic acids is 1. The minimum Gasteiger partial charge on any atom is -0.440 e. The number of aromatic nitrogens is 1. The largest absolute Gasteiger partial charge is 0.440 e. The number of nitrogens with zero attached hydrogens (tertiary/aromatic N) is 2. The third-order valence-corrected chi connectivity index (χ3v) is 5.51. The van der Waals surface area contributed by atoms with Crippen LogP contribution < -0.4 is 5.32 Å². The lowest BCUT2D eigenvalue weighted by molar-refractivity contribution is -0.115. The van der Waals surface area contributed by atoms with Crippen LogP contribution in [-0.2, 0) is 17.6 Å². The summed E-state index contributed by atoms with van der Waals surface area (Å²) in [7, 11) is 0. The summed E-state index contributed by atoms with van der Waals surface area (Å²) in [5.41, 5.74) is 1.11. The lowest BCUT2D eigenvalue weighted by Crippen LogP contribution is -2.15. The summed E-state index contributed by atoms with van der Waals surface area (Å²) in [4.78, 5) is 18.7. The fourth-order valence-electron chi connectivity index (χ4n) is 2.21. The summed E-state index contributed by atoms with van der Waals surface area (Å²) < 4.78 is 5.65. The molecule has 0 spiro atoms. The highest BCUT2D eigenvalue weighted by atomic mass is 32.1. The Labute approximate surface area is 147 Å². The lowest BCUT2D eigenvalue weighted by Gasteiger charge is -2.01. The molecule has 24 heavy (non-hydrogen) atoms. The number of hydrogen-bond acceptors (Lipinski definition) is 6. The number of nitrogens with one attached hydrogen (secondary N) is 1. The molecule has 0 fully saturated rings. The molecular formula is C17H15N3O2S2. The van der Waals surface area contributed by atoms with Gasteiger partial charge in [-0.15, -0.1) is 22.7 Å². The number of thiophene rings is 2. The van der Waals surface area contributed by atoms with Crippen LogP contribution in [0.3, 0.4) is 0 Å². The van der Waals surface area contributed by atoms with Crippen LogP contribution in [0.4, 0.5) is 5.00 Å². The van der Waals surface area contributed by atoms with Crippen LogP contribution >= 0.6 is 22.7 Å². The Morgan fingerprint density at radius 3 is 3.00 bits per heavy atom. The van der Waals surface area contributed by atoms with E-state index in [0.29, 0.717) is 27.9 Å². The van der Waals surface area contributed by atoms with Crippen LogP contribution in [0.15, 0.2) is 28.0 Å². The van der Waals surface area contributed by atoms with E-state index in [9.17, 15) is 4.79 Å². The molecule has 5 nitrogen and oxygen atoms in total. The predicted octanol–water partition coefficient (Wildman–Crippen LogP) is 4.39. The maximum absolute atomic E-state index is 12.3. The van der Waals surface area contributed by atoms with Gasteiger partial charge in [-0.25, -0.2) is 4.98 Å². The fraction of sp³-hybridized carbons (Fsp3) is 0.235. The van der Waals surface area contributed by atoms with Gasteiger partial charge in [0.25, 0.3) is 0 Å². The number of rotatable bonds is 5. The van der Waals surface area contributed by atoms with Crippen molar-refractivity contribution in [3.63, 3.8) is 0 Å². The molecule has 0 saturated heterocycles. The van der Waals surface area contributed by atoms with Gasteiger partial charge in [0.2, 0.25) is 11.8 Å². The van der Waals surface area contributed by atoms with Crippen molar-refractivity contribution in [2.24, 2.45) is 0 Å². The predicted molar refractivity (Wildman–Crippen MR) is 95.3 cm³/mol. The standard InChI is InChI=1S/C17H15N3O2S2/c1-3-12-7-11(9-18)17(24-12)20-15(21)8-13-10(2)22-16(19-13)14-5-4-6-23-14/h4-7H,3,8H2,1-2H3,(H,20,21). The van der Waals surface area contributed by atoms with E-state index in [2.05, 4.69) is 16.4 Å². The van der Waals surface area contributed by atoms with Gasteiger partial charge in [-0.1, -0.05) is 13.0 Å². The minimum absolute atomic E-state index is 0.116. The van der Waals surface area contributed by atoms with Gasteiger partial charge in [-0.05, 0) is 30.9 Å². The summed E-state index contributed by atoms with van der Waals surface area (Å²) in [5, 5.41) is 14.5. The van der Waals surface area contributed by atoms with E-state index >= 15 is 0 Å². The summed E-state index contributed by atoms with van der Waals surface area (Å²) >= 11 is 2.97. The maximum atomic E-state index is 12.3. The van der Waals surface area contributed by atoms with Crippen molar-refractivity contribution in [1.82, 2.24) is 4.98 Å². The van der Waals surface area contributed by atoms with Crippen molar-refractivity contribution in [2.45, 2.75) is 26.7 Å². The average Bonchev–Trinajstić information content (AvgIpc) is 3.28. The maximum Gasteiger partial charge on any atom is 0.236 e. The molecule has 0 radical (unpaired) electrons. The van der Waals surface area contributed by atoms with Crippen molar-refractivity contribution in [3.05, 3.63) is 45.5 Å². The molecule has 0 bridgehead atoms. The SMILES string of the molecule is CCc1cc(C#N)c(NC(=O)Cc2nc(-c3cccs3)oc2C)s1. The van der Waals surface area contributed by atoms with E-state index in [0.717, 1.165) is 16.2 Å². The molecule has 0 aliphatic carbocycles. The second-order valence-corrected chi connectivity index (χ2v) is 7.23. The minimum atomic E-state index is -0.204. The Hall–Kier alpha value is -2.43. The molecule has 0 unspecified atom stereocenters. The Kier molecular flexibility index (Phi) is 4.79. The molecule has 0 aromatic carbocycles. The van der Waals surface area contributed by atoms with Crippen LogP contribution in [0, 0.1) is 18.3 Å². The molecule has 3 aromatic rings. The van der Waals surface area contributed by atoms with E-state index in [1.807, 2.05) is 30.5 Å². The molecule has 1 N–H and O–H groups in total. The molecule has 3 heterocycles. The topological polar surface area (TPSA) is 78.9 Å². The average molecular weight is 357 g/mol. The van der Waals surface area contributed by atoms with Crippen LogP contribution in [0.5, 0.6) is 0 Å². The fourth-order valence-corrected chi connectivity index (χ4v) is 3.82. The Balaban J connectivity index is 1.74. The summed E-state index contributed by atoms with van der Waals surface area (Å²) in [6.45, 7) is 3.82. The highest BCUT2D eigenvalue weighted by Gasteiger charge is 2.17. The zero-order valence-electron chi connectivity index (χ0n) is 13.3. The molecule has 3 rings (SSSR count). The first kappa shape index (κ1) is 16.4. The normalized spacial score (nSPS) is 10.5. The van der Waals surface area contributed by atoms with E-state index in [1.165, 1.54) is 22.7 Å². The van der Waals surface area contributed by atoms with Gasteiger partial charge in [-0.2, -0.15) is 5.26 Å². The van der Waals surface area contributed by atoms with Crippen molar-refractivity contribution >= 4 is 33.6 Å². The Morgan fingerprint density at radius 2 is 2.33 bits per heavy atom. The Morgan fingerprint density at radius 1 is 1.50 bits per heavy atom. The van der Waals surface area contributed by atoms with Crippen LogP contribution in [0.1, 0.15) is 28.8 Å². The third-order valence-electron chi connectivity index (χ3n) is 3.46. The first-order chi connectivity index (χ1) is 11.6. The van der Waals surface area contributed by atoms with Crippen molar-refractivity contribution < 1.29 is 9.21 Å². The number of oxazole rings is 1. The van der Waals surface area contributed by atoms with Gasteiger partial charge >= 0.3 is 0 Å². The molecule has 0 saturated carbocycles. The zero-order chi connectivity index (χ0) is 17.1. The Bertz CT molecular complexity index is 901. The highest BCUT2D eigenvalue weighted by Crippen LogP contribution is 2.29. The first-order valence-corrected chi connectivity index (χ1v) is 9.13. The molecule has 0 aliphatic heterocycles. The van der Waals surface area contributed by atoms with Crippen LogP contribution in [0.2, 0.25) is 0 Å². The van der Waals surface area contributed by atoms with E-state index in [-0.39, 0.29) is 12.3 Å². The summed E-state index contributed by atoms with van der Waals surface area (Å²) in [5.74, 6) is 0.965. The smallest absolute Gasteiger partial charge is 0.236 e. The number of aryl methyl sites for hydroxylation is 2. The van der Waals surface area contributed by atoms with E-state index < -0.39 is 0 Å². The monoisotopic (exact) mass is 357 g/mol. The molecule has 3 aromatic heterocycles. The quantitative estimate of drug-likeness (QED) is 0.734. The van der Waals surface area contributed by atoms with Crippen LogP contribution in [-0.4, -0.2) is 10.9 Å². The number of carbonyl (C=O) groups is 1. The number of nitriles is 1. The molecule has 0 aliphatic rings. The molecular weight excluding hydrogens is 342 g/mol. The third kappa shape index (κ3) is 3.40. The number of amides is 1. The lowest BCUT2D eigenvalue weighted by atomic mass is 10.2. The van der Waals surface area contributed by atoms with Gasteiger partial charge in [-0.3, -0.25) is 4.79 Å². The van der Waals surface area contributed by atoms with Crippen molar-refractivity contribution in [2.75, 3.05) is 5.32 Å². The van der Waals surface area contributed by atoms with E-state index in [1.54, 1.807) is 6.92 Å².